The molecule has 0 radical (unpaired) electrons. The molecule has 2 rings (SSSR count). The number of likely N-dealkylation sites (tertiary alicyclic amines) is 1. The minimum Gasteiger partial charge on any atom is -0.481 e. The van der Waals surface area contributed by atoms with Crippen molar-refractivity contribution in [1.82, 2.24) is 4.90 Å². The molecule has 1 heterocycles. The van der Waals surface area contributed by atoms with E-state index in [2.05, 4.69) is 0 Å². The molecule has 1 aliphatic heterocycles. The zero-order valence-electron chi connectivity index (χ0n) is 11.8. The molecular weight excluding hydrogens is 277 g/mol. The molecule has 0 aromatic heterocycles. The van der Waals surface area contributed by atoms with Gasteiger partial charge in [-0.05, 0) is 12.5 Å². The minimum atomic E-state index is -1.02. The van der Waals surface area contributed by atoms with Crippen LogP contribution in [0.4, 0.5) is 4.39 Å². The summed E-state index contributed by atoms with van der Waals surface area (Å²) in [5.74, 6) is -2.49. The highest BCUT2D eigenvalue weighted by Gasteiger charge is 2.41. The number of carbonyl (C=O) groups is 2. The number of hydrogen-bond acceptors (Lipinski definition) is 3. The fraction of sp³-hybridized carbons (Fsp3) is 0.467. The molecule has 1 amide bonds. The van der Waals surface area contributed by atoms with E-state index in [1.54, 1.807) is 12.1 Å². The second-order valence-corrected chi connectivity index (χ2v) is 5.03. The van der Waals surface area contributed by atoms with Gasteiger partial charge < -0.3 is 14.7 Å². The molecule has 114 valence electrons. The summed E-state index contributed by atoms with van der Waals surface area (Å²) in [7, 11) is 1.50. The molecule has 0 unspecified atom stereocenters. The van der Waals surface area contributed by atoms with Crippen LogP contribution in [-0.2, 0) is 14.3 Å². The summed E-state index contributed by atoms with van der Waals surface area (Å²) in [6.07, 6.45) is 0.377. The van der Waals surface area contributed by atoms with E-state index in [9.17, 15) is 19.1 Å². The number of rotatable bonds is 5. The lowest BCUT2D eigenvalue weighted by molar-refractivity contribution is -0.152. The summed E-state index contributed by atoms with van der Waals surface area (Å²) >= 11 is 0. The number of ether oxygens (including phenoxy) is 1. The Morgan fingerprint density at radius 3 is 2.81 bits per heavy atom. The maximum absolute atomic E-state index is 14.1. The fourth-order valence-corrected chi connectivity index (χ4v) is 2.76. The van der Waals surface area contributed by atoms with Crippen LogP contribution in [0.2, 0.25) is 0 Å². The Morgan fingerprint density at radius 1 is 1.48 bits per heavy atom. The summed E-state index contributed by atoms with van der Waals surface area (Å²) < 4.78 is 19.0. The minimum absolute atomic E-state index is 0.158. The average Bonchev–Trinajstić information content (AvgIpc) is 2.46. The molecule has 0 saturated carbocycles. The maximum atomic E-state index is 14.1. The largest absolute Gasteiger partial charge is 0.481 e. The van der Waals surface area contributed by atoms with E-state index in [1.807, 2.05) is 0 Å². The first-order valence-corrected chi connectivity index (χ1v) is 6.82. The van der Waals surface area contributed by atoms with Gasteiger partial charge in [-0.25, -0.2) is 4.39 Å². The molecule has 1 saturated heterocycles. The van der Waals surface area contributed by atoms with E-state index < -0.39 is 23.7 Å². The molecule has 5 nitrogen and oxygen atoms in total. The average molecular weight is 295 g/mol. The standard InChI is InChI=1S/C15H18FNO4/c1-21-9-8-17-13(18)7-6-11(15(19)20)14(17)10-4-2-3-5-12(10)16/h2-5,11,14H,6-9H2,1H3,(H,19,20)/t11-,14-/m0/s1. The van der Waals surface area contributed by atoms with Gasteiger partial charge in [-0.15, -0.1) is 0 Å². The number of carboxylic acids is 1. The van der Waals surface area contributed by atoms with Crippen LogP contribution in [0.25, 0.3) is 0 Å². The Bertz CT molecular complexity index is 534. The van der Waals surface area contributed by atoms with Crippen molar-refractivity contribution in [3.8, 4) is 0 Å². The second kappa shape index (κ2) is 6.67. The number of benzene rings is 1. The molecule has 0 spiro atoms. The zero-order chi connectivity index (χ0) is 15.4. The van der Waals surface area contributed by atoms with Gasteiger partial charge in [0.05, 0.1) is 18.6 Å². The highest BCUT2D eigenvalue weighted by atomic mass is 19.1. The second-order valence-electron chi connectivity index (χ2n) is 5.03. The van der Waals surface area contributed by atoms with Gasteiger partial charge in [0.2, 0.25) is 5.91 Å². The van der Waals surface area contributed by atoms with Gasteiger partial charge in [-0.3, -0.25) is 9.59 Å². The van der Waals surface area contributed by atoms with Crippen LogP contribution in [0.1, 0.15) is 24.4 Å². The lowest BCUT2D eigenvalue weighted by Gasteiger charge is -2.39. The predicted octanol–water partition coefficient (Wildman–Crippen LogP) is 1.84. The molecule has 1 aromatic rings. The molecule has 6 heteroatoms. The first-order chi connectivity index (χ1) is 10.1. The van der Waals surface area contributed by atoms with Crippen LogP contribution in [0.15, 0.2) is 24.3 Å². The molecule has 0 aliphatic carbocycles. The molecule has 0 bridgehead atoms. The van der Waals surface area contributed by atoms with Gasteiger partial charge in [0.1, 0.15) is 5.82 Å². The Balaban J connectivity index is 2.41. The number of piperidine rings is 1. The first-order valence-electron chi connectivity index (χ1n) is 6.82. The van der Waals surface area contributed by atoms with Gasteiger partial charge >= 0.3 is 5.97 Å². The summed E-state index contributed by atoms with van der Waals surface area (Å²) in [5.41, 5.74) is 0.244. The molecule has 2 atom stereocenters. The van der Waals surface area contributed by atoms with Crippen molar-refractivity contribution in [3.05, 3.63) is 35.6 Å². The quantitative estimate of drug-likeness (QED) is 0.900. The SMILES string of the molecule is COCCN1C(=O)CC[C@H](C(=O)O)[C@@H]1c1ccccc1F. The summed E-state index contributed by atoms with van der Waals surface area (Å²) in [4.78, 5) is 25.0. The third-order valence-corrected chi connectivity index (χ3v) is 3.78. The van der Waals surface area contributed by atoms with Crippen molar-refractivity contribution >= 4 is 11.9 Å². The van der Waals surface area contributed by atoms with Crippen molar-refractivity contribution in [2.24, 2.45) is 5.92 Å². The fourth-order valence-electron chi connectivity index (χ4n) is 2.76. The number of hydrogen-bond donors (Lipinski definition) is 1. The number of methoxy groups -OCH3 is 1. The zero-order valence-corrected chi connectivity index (χ0v) is 11.8. The molecular formula is C15H18FNO4. The molecule has 1 N–H and O–H groups in total. The van der Waals surface area contributed by atoms with Crippen molar-refractivity contribution in [2.45, 2.75) is 18.9 Å². The summed E-state index contributed by atoms with van der Waals surface area (Å²) in [6.45, 7) is 0.529. The number of aliphatic carboxylic acids is 1. The molecule has 1 fully saturated rings. The number of halogens is 1. The van der Waals surface area contributed by atoms with Crippen molar-refractivity contribution in [1.29, 1.82) is 0 Å². The van der Waals surface area contributed by atoms with Crippen molar-refractivity contribution < 1.29 is 23.8 Å². The van der Waals surface area contributed by atoms with Crippen LogP contribution >= 0.6 is 0 Å². The lowest BCUT2D eigenvalue weighted by atomic mass is 9.84. The van der Waals surface area contributed by atoms with Crippen molar-refractivity contribution in [3.63, 3.8) is 0 Å². The number of carboxylic acid groups (broad SMARTS) is 1. The van der Waals surface area contributed by atoms with Crippen LogP contribution in [0.5, 0.6) is 0 Å². The smallest absolute Gasteiger partial charge is 0.308 e. The Labute approximate surface area is 122 Å². The lowest BCUT2D eigenvalue weighted by Crippen LogP contribution is -2.46. The number of amides is 1. The maximum Gasteiger partial charge on any atom is 0.308 e. The topological polar surface area (TPSA) is 66.8 Å². The molecule has 1 aromatic carbocycles. The van der Waals surface area contributed by atoms with Crippen LogP contribution in [0, 0.1) is 11.7 Å². The van der Waals surface area contributed by atoms with Crippen LogP contribution < -0.4 is 0 Å². The molecule has 1 aliphatic rings. The highest BCUT2D eigenvalue weighted by molar-refractivity contribution is 5.81. The summed E-state index contributed by atoms with van der Waals surface area (Å²) in [5, 5.41) is 9.40. The van der Waals surface area contributed by atoms with Gasteiger partial charge in [0, 0.05) is 25.6 Å². The van der Waals surface area contributed by atoms with Crippen LogP contribution in [0.3, 0.4) is 0 Å². The van der Waals surface area contributed by atoms with Gasteiger partial charge in [-0.2, -0.15) is 0 Å². The normalized spacial score (nSPS) is 22.4. The van der Waals surface area contributed by atoms with E-state index >= 15 is 0 Å². The third kappa shape index (κ3) is 3.21. The third-order valence-electron chi connectivity index (χ3n) is 3.78. The van der Waals surface area contributed by atoms with Gasteiger partial charge in [-0.1, -0.05) is 18.2 Å². The Kier molecular flexibility index (Phi) is 4.90. The van der Waals surface area contributed by atoms with E-state index in [4.69, 9.17) is 4.74 Å². The van der Waals surface area contributed by atoms with E-state index in [0.717, 1.165) is 0 Å². The predicted molar refractivity (Wildman–Crippen MR) is 73.1 cm³/mol. The molecule has 21 heavy (non-hydrogen) atoms. The van der Waals surface area contributed by atoms with E-state index in [-0.39, 0.29) is 37.5 Å². The van der Waals surface area contributed by atoms with Gasteiger partial charge in [0.15, 0.2) is 0 Å². The van der Waals surface area contributed by atoms with E-state index in [0.29, 0.717) is 0 Å². The number of carbonyl (C=O) groups excluding carboxylic acids is 1. The Morgan fingerprint density at radius 2 is 2.19 bits per heavy atom. The highest BCUT2D eigenvalue weighted by Crippen LogP contribution is 2.37. The van der Waals surface area contributed by atoms with E-state index in [1.165, 1.54) is 24.1 Å². The van der Waals surface area contributed by atoms with Crippen LogP contribution in [-0.4, -0.2) is 42.1 Å². The van der Waals surface area contributed by atoms with Crippen molar-refractivity contribution in [2.75, 3.05) is 20.3 Å². The number of nitrogens with zero attached hydrogens (tertiary/aromatic N) is 1. The first kappa shape index (κ1) is 15.4. The summed E-state index contributed by atoms with van der Waals surface area (Å²) in [6, 6.07) is 5.21. The Hall–Kier alpha value is -1.95. The van der Waals surface area contributed by atoms with Gasteiger partial charge in [0.25, 0.3) is 0 Å². The monoisotopic (exact) mass is 295 g/mol.